The molecule has 3 nitrogen and oxygen atoms in total. The first kappa shape index (κ1) is 13.3. The molecule has 0 bridgehead atoms. The Morgan fingerprint density at radius 2 is 2.00 bits per heavy atom. The van der Waals surface area contributed by atoms with Crippen LogP contribution in [0.1, 0.15) is 32.6 Å². The van der Waals surface area contributed by atoms with Crippen molar-refractivity contribution >= 4 is 0 Å². The monoisotopic (exact) mass is 239 g/mol. The van der Waals surface area contributed by atoms with Gasteiger partial charge in [0.2, 0.25) is 0 Å². The van der Waals surface area contributed by atoms with Crippen LogP contribution >= 0.6 is 0 Å². The van der Waals surface area contributed by atoms with Gasteiger partial charge in [-0.3, -0.25) is 4.90 Å². The van der Waals surface area contributed by atoms with Gasteiger partial charge in [0.15, 0.2) is 0 Å². The number of hydrogen-bond donors (Lipinski definition) is 1. The van der Waals surface area contributed by atoms with E-state index in [0.29, 0.717) is 6.04 Å². The number of nitrogens with one attached hydrogen (secondary N) is 1. The van der Waals surface area contributed by atoms with Crippen molar-refractivity contribution in [3.05, 3.63) is 0 Å². The molecule has 2 fully saturated rings. The Morgan fingerprint density at radius 3 is 2.71 bits per heavy atom. The second-order valence-electron chi connectivity index (χ2n) is 6.09. The normalized spacial score (nSPS) is 36.5. The fourth-order valence-corrected chi connectivity index (χ4v) is 3.26. The number of hydrogen-bond acceptors (Lipinski definition) is 3. The molecule has 100 valence electrons. The van der Waals surface area contributed by atoms with Crippen molar-refractivity contribution in [2.24, 2.45) is 5.92 Å². The van der Waals surface area contributed by atoms with Crippen molar-refractivity contribution < 1.29 is 0 Å². The Labute approximate surface area is 107 Å². The van der Waals surface area contributed by atoms with Crippen molar-refractivity contribution in [2.45, 2.75) is 44.7 Å². The molecule has 2 rings (SSSR count). The Kier molecular flexibility index (Phi) is 4.83. The molecule has 2 aliphatic rings. The summed E-state index contributed by atoms with van der Waals surface area (Å²) in [4.78, 5) is 4.97. The van der Waals surface area contributed by atoms with Crippen molar-refractivity contribution in [1.29, 1.82) is 0 Å². The van der Waals surface area contributed by atoms with Crippen LogP contribution in [-0.2, 0) is 0 Å². The van der Waals surface area contributed by atoms with E-state index in [1.165, 1.54) is 51.9 Å². The predicted molar refractivity (Wildman–Crippen MR) is 73.3 cm³/mol. The number of piperazine rings is 1. The van der Waals surface area contributed by atoms with Crippen LogP contribution in [0.2, 0.25) is 0 Å². The van der Waals surface area contributed by atoms with E-state index in [-0.39, 0.29) is 0 Å². The summed E-state index contributed by atoms with van der Waals surface area (Å²) in [7, 11) is 4.51. The minimum atomic E-state index is 0.703. The maximum atomic E-state index is 3.80. The molecule has 0 spiro atoms. The molecular formula is C14H29N3. The summed E-state index contributed by atoms with van der Waals surface area (Å²) in [6.07, 6.45) is 5.60. The largest absolute Gasteiger partial charge is 0.312 e. The molecule has 1 heterocycles. The smallest absolute Gasteiger partial charge is 0.0345 e. The summed E-state index contributed by atoms with van der Waals surface area (Å²) < 4.78 is 0. The van der Waals surface area contributed by atoms with Gasteiger partial charge in [-0.2, -0.15) is 0 Å². The van der Waals surface area contributed by atoms with Gasteiger partial charge in [-0.1, -0.05) is 13.3 Å². The van der Waals surface area contributed by atoms with E-state index in [2.05, 4.69) is 36.1 Å². The Hall–Kier alpha value is -0.120. The van der Waals surface area contributed by atoms with Gasteiger partial charge >= 0.3 is 0 Å². The Balaban J connectivity index is 1.70. The van der Waals surface area contributed by atoms with Gasteiger partial charge in [0.1, 0.15) is 0 Å². The van der Waals surface area contributed by atoms with Gasteiger partial charge in [-0.25, -0.2) is 0 Å². The minimum Gasteiger partial charge on any atom is -0.312 e. The van der Waals surface area contributed by atoms with E-state index >= 15 is 0 Å². The van der Waals surface area contributed by atoms with Crippen molar-refractivity contribution in [2.75, 3.05) is 40.3 Å². The summed E-state index contributed by atoms with van der Waals surface area (Å²) in [6, 6.07) is 1.50. The average Bonchev–Trinajstić information content (AvgIpc) is 2.78. The SMILES string of the molecule is CCC1CCC(NCC2CN(C)CCN2C)C1. The lowest BCUT2D eigenvalue weighted by molar-refractivity contribution is 0.111. The zero-order valence-corrected chi connectivity index (χ0v) is 11.8. The quantitative estimate of drug-likeness (QED) is 0.800. The van der Waals surface area contributed by atoms with Gasteiger partial charge in [0, 0.05) is 38.3 Å². The third-order valence-corrected chi connectivity index (χ3v) is 4.74. The third-order valence-electron chi connectivity index (χ3n) is 4.74. The fourth-order valence-electron chi connectivity index (χ4n) is 3.26. The van der Waals surface area contributed by atoms with Crippen LogP contribution in [0.3, 0.4) is 0 Å². The van der Waals surface area contributed by atoms with Crippen LogP contribution < -0.4 is 5.32 Å². The Bertz CT molecular complexity index is 232. The molecule has 3 atom stereocenters. The van der Waals surface area contributed by atoms with Crippen LogP contribution in [0, 0.1) is 5.92 Å². The first-order chi connectivity index (χ1) is 8.19. The second-order valence-corrected chi connectivity index (χ2v) is 6.09. The highest BCUT2D eigenvalue weighted by Gasteiger charge is 2.26. The van der Waals surface area contributed by atoms with E-state index in [9.17, 15) is 0 Å². The van der Waals surface area contributed by atoms with Gasteiger partial charge < -0.3 is 10.2 Å². The number of rotatable bonds is 4. The molecular weight excluding hydrogens is 210 g/mol. The predicted octanol–water partition coefficient (Wildman–Crippen LogP) is 1.40. The van der Waals surface area contributed by atoms with Crippen molar-refractivity contribution in [3.63, 3.8) is 0 Å². The molecule has 17 heavy (non-hydrogen) atoms. The van der Waals surface area contributed by atoms with E-state index in [4.69, 9.17) is 0 Å². The van der Waals surface area contributed by atoms with Crippen LogP contribution in [0.4, 0.5) is 0 Å². The van der Waals surface area contributed by atoms with E-state index in [0.717, 1.165) is 12.0 Å². The summed E-state index contributed by atoms with van der Waals surface area (Å²) in [5, 5.41) is 3.80. The summed E-state index contributed by atoms with van der Waals surface area (Å²) in [5.41, 5.74) is 0. The van der Waals surface area contributed by atoms with E-state index in [1.54, 1.807) is 0 Å². The van der Waals surface area contributed by atoms with Crippen LogP contribution in [0.5, 0.6) is 0 Å². The topological polar surface area (TPSA) is 18.5 Å². The second kappa shape index (κ2) is 6.17. The highest BCUT2D eigenvalue weighted by molar-refractivity contribution is 4.85. The van der Waals surface area contributed by atoms with Crippen LogP contribution in [-0.4, -0.2) is 62.2 Å². The molecule has 1 saturated heterocycles. The fraction of sp³-hybridized carbons (Fsp3) is 1.00. The van der Waals surface area contributed by atoms with Gasteiger partial charge in [0.05, 0.1) is 0 Å². The van der Waals surface area contributed by atoms with Gasteiger partial charge in [0.25, 0.3) is 0 Å². The van der Waals surface area contributed by atoms with Crippen molar-refractivity contribution in [1.82, 2.24) is 15.1 Å². The summed E-state index contributed by atoms with van der Waals surface area (Å²) in [6.45, 7) is 7.14. The zero-order chi connectivity index (χ0) is 12.3. The third kappa shape index (κ3) is 3.67. The molecule has 1 aliphatic carbocycles. The van der Waals surface area contributed by atoms with Crippen LogP contribution in [0.15, 0.2) is 0 Å². The van der Waals surface area contributed by atoms with E-state index in [1.807, 2.05) is 0 Å². The number of likely N-dealkylation sites (N-methyl/N-ethyl adjacent to an activating group) is 2. The minimum absolute atomic E-state index is 0.703. The van der Waals surface area contributed by atoms with E-state index < -0.39 is 0 Å². The molecule has 0 aromatic carbocycles. The lowest BCUT2D eigenvalue weighted by atomic mass is 10.1. The zero-order valence-electron chi connectivity index (χ0n) is 11.8. The molecule has 3 heteroatoms. The molecule has 0 radical (unpaired) electrons. The lowest BCUT2D eigenvalue weighted by Crippen LogP contribution is -2.54. The summed E-state index contributed by atoms with van der Waals surface area (Å²) >= 11 is 0. The summed E-state index contributed by atoms with van der Waals surface area (Å²) in [5.74, 6) is 0.985. The molecule has 3 unspecified atom stereocenters. The molecule has 1 N–H and O–H groups in total. The van der Waals surface area contributed by atoms with Crippen molar-refractivity contribution in [3.8, 4) is 0 Å². The molecule has 1 saturated carbocycles. The average molecular weight is 239 g/mol. The highest BCUT2D eigenvalue weighted by Crippen LogP contribution is 2.27. The first-order valence-corrected chi connectivity index (χ1v) is 7.31. The first-order valence-electron chi connectivity index (χ1n) is 7.31. The maximum Gasteiger partial charge on any atom is 0.0345 e. The number of nitrogens with zero attached hydrogens (tertiary/aromatic N) is 2. The lowest BCUT2D eigenvalue weighted by Gasteiger charge is -2.38. The van der Waals surface area contributed by atoms with Gasteiger partial charge in [-0.15, -0.1) is 0 Å². The standard InChI is InChI=1S/C14H29N3/c1-4-12-5-6-13(9-12)15-10-14-11-16(2)7-8-17(14)3/h12-15H,4-11H2,1-3H3. The molecule has 0 amide bonds. The van der Waals surface area contributed by atoms with Gasteiger partial charge in [-0.05, 0) is 39.3 Å². The Morgan fingerprint density at radius 1 is 1.18 bits per heavy atom. The molecule has 0 aromatic rings. The molecule has 1 aliphatic heterocycles. The van der Waals surface area contributed by atoms with Crippen LogP contribution in [0.25, 0.3) is 0 Å². The maximum absolute atomic E-state index is 3.80. The highest BCUT2D eigenvalue weighted by atomic mass is 15.3. The molecule has 0 aromatic heterocycles.